The largest absolute Gasteiger partial charge is 0.462 e. The van der Waals surface area contributed by atoms with Gasteiger partial charge < -0.3 is 10.1 Å². The Balaban J connectivity index is 1.64. The second-order valence-electron chi connectivity index (χ2n) is 9.45. The fourth-order valence-electron chi connectivity index (χ4n) is 4.26. The van der Waals surface area contributed by atoms with Gasteiger partial charge in [-0.25, -0.2) is 9.78 Å². The van der Waals surface area contributed by atoms with Crippen molar-refractivity contribution in [2.75, 3.05) is 11.9 Å². The minimum absolute atomic E-state index is 0.217. The van der Waals surface area contributed by atoms with Crippen molar-refractivity contribution in [2.45, 2.75) is 47.0 Å². The standard InChI is InChI=1S/C27H29N3O2S2/c1-5-32-26(31)23-20-12-11-19(27(2,3)4)13-22(20)34-25(23)29-15-18(14-28)24-30-21(16-33-24)17-9-7-6-8-10-17/h6-10,15-16,19,29H,5,11-13H2,1-4H3/b18-15+/t19-/m0/s1. The van der Waals surface area contributed by atoms with Gasteiger partial charge in [-0.1, -0.05) is 51.1 Å². The number of hydrogen-bond acceptors (Lipinski definition) is 7. The van der Waals surface area contributed by atoms with Gasteiger partial charge in [-0.05, 0) is 43.1 Å². The molecule has 7 heteroatoms. The van der Waals surface area contributed by atoms with Crippen molar-refractivity contribution >= 4 is 39.2 Å². The lowest BCUT2D eigenvalue weighted by molar-refractivity contribution is 0.0526. The van der Waals surface area contributed by atoms with Crippen molar-refractivity contribution in [1.82, 2.24) is 4.98 Å². The first-order chi connectivity index (χ1) is 16.3. The molecule has 2 heterocycles. The smallest absolute Gasteiger partial charge is 0.341 e. The number of carbonyl (C=O) groups is 1. The predicted molar refractivity (Wildman–Crippen MR) is 140 cm³/mol. The maximum atomic E-state index is 12.9. The Morgan fingerprint density at radius 1 is 1.32 bits per heavy atom. The maximum absolute atomic E-state index is 12.9. The number of hydrogen-bond donors (Lipinski definition) is 1. The minimum Gasteiger partial charge on any atom is -0.462 e. The quantitative estimate of drug-likeness (QED) is 0.292. The fourth-order valence-corrected chi connectivity index (χ4v) is 6.34. The van der Waals surface area contributed by atoms with Crippen LogP contribution in [-0.4, -0.2) is 17.6 Å². The van der Waals surface area contributed by atoms with Gasteiger partial charge in [0, 0.05) is 22.0 Å². The van der Waals surface area contributed by atoms with E-state index in [0.717, 1.165) is 41.1 Å². The van der Waals surface area contributed by atoms with Crippen LogP contribution in [0.15, 0.2) is 41.9 Å². The lowest BCUT2D eigenvalue weighted by atomic mass is 9.72. The van der Waals surface area contributed by atoms with E-state index in [4.69, 9.17) is 4.74 Å². The number of anilines is 1. The van der Waals surface area contributed by atoms with E-state index < -0.39 is 0 Å². The highest BCUT2D eigenvalue weighted by molar-refractivity contribution is 7.16. The molecule has 2 aromatic heterocycles. The molecule has 34 heavy (non-hydrogen) atoms. The molecule has 0 saturated carbocycles. The zero-order valence-corrected chi connectivity index (χ0v) is 21.6. The van der Waals surface area contributed by atoms with E-state index >= 15 is 0 Å². The van der Waals surface area contributed by atoms with Crippen LogP contribution in [-0.2, 0) is 17.6 Å². The van der Waals surface area contributed by atoms with Gasteiger partial charge in [-0.15, -0.1) is 22.7 Å². The van der Waals surface area contributed by atoms with E-state index in [1.54, 1.807) is 17.5 Å². The Labute approximate surface area is 209 Å². The minimum atomic E-state index is -0.302. The third kappa shape index (κ3) is 5.08. The topological polar surface area (TPSA) is 75.0 Å². The van der Waals surface area contributed by atoms with E-state index in [0.29, 0.717) is 28.7 Å². The van der Waals surface area contributed by atoms with Gasteiger partial charge in [-0.3, -0.25) is 0 Å². The molecule has 0 bridgehead atoms. The molecular weight excluding hydrogens is 462 g/mol. The second kappa shape index (κ2) is 10.1. The van der Waals surface area contributed by atoms with E-state index in [9.17, 15) is 10.1 Å². The molecule has 176 valence electrons. The number of rotatable bonds is 6. The molecule has 1 aromatic carbocycles. The lowest BCUT2D eigenvalue weighted by Crippen LogP contribution is -2.26. The summed E-state index contributed by atoms with van der Waals surface area (Å²) in [7, 11) is 0. The van der Waals surface area contributed by atoms with E-state index in [1.165, 1.54) is 16.2 Å². The first kappa shape index (κ1) is 24.2. The van der Waals surface area contributed by atoms with E-state index in [-0.39, 0.29) is 11.4 Å². The van der Waals surface area contributed by atoms with Gasteiger partial charge in [0.15, 0.2) is 0 Å². The second-order valence-corrected chi connectivity index (χ2v) is 11.4. The number of aromatic nitrogens is 1. The summed E-state index contributed by atoms with van der Waals surface area (Å²) in [6.07, 6.45) is 4.54. The Morgan fingerprint density at radius 2 is 2.09 bits per heavy atom. The highest BCUT2D eigenvalue weighted by Crippen LogP contribution is 2.44. The van der Waals surface area contributed by atoms with Crippen LogP contribution in [0.25, 0.3) is 16.8 Å². The number of carbonyl (C=O) groups excluding carboxylic acids is 1. The number of ether oxygens (including phenoxy) is 1. The monoisotopic (exact) mass is 491 g/mol. The Hall–Kier alpha value is -2.95. The molecule has 0 unspecified atom stereocenters. The normalized spacial score (nSPS) is 16.0. The number of thiazole rings is 1. The van der Waals surface area contributed by atoms with Crippen LogP contribution in [0.1, 0.15) is 59.9 Å². The number of nitriles is 1. The summed E-state index contributed by atoms with van der Waals surface area (Å²) in [4.78, 5) is 18.8. The van der Waals surface area contributed by atoms with Crippen LogP contribution in [0.4, 0.5) is 5.00 Å². The predicted octanol–water partition coefficient (Wildman–Crippen LogP) is 7.18. The number of allylic oxidation sites excluding steroid dienone is 1. The van der Waals surface area contributed by atoms with Gasteiger partial charge in [0.1, 0.15) is 21.7 Å². The number of nitrogens with one attached hydrogen (secondary N) is 1. The highest BCUT2D eigenvalue weighted by atomic mass is 32.1. The fraction of sp³-hybridized carbons (Fsp3) is 0.370. The summed E-state index contributed by atoms with van der Waals surface area (Å²) in [6, 6.07) is 12.2. The van der Waals surface area contributed by atoms with E-state index in [2.05, 4.69) is 37.1 Å². The number of thiophene rings is 1. The molecule has 1 atom stereocenters. The zero-order valence-electron chi connectivity index (χ0n) is 20.0. The summed E-state index contributed by atoms with van der Waals surface area (Å²) in [5.74, 6) is 0.266. The zero-order chi connectivity index (χ0) is 24.3. The van der Waals surface area contributed by atoms with Gasteiger partial charge in [0.05, 0.1) is 17.9 Å². The van der Waals surface area contributed by atoms with Crippen LogP contribution in [0, 0.1) is 22.7 Å². The first-order valence-electron chi connectivity index (χ1n) is 11.5. The van der Waals surface area contributed by atoms with Crippen LogP contribution in [0.5, 0.6) is 0 Å². The van der Waals surface area contributed by atoms with Crippen molar-refractivity contribution in [1.29, 1.82) is 5.26 Å². The van der Waals surface area contributed by atoms with Gasteiger partial charge in [0.2, 0.25) is 0 Å². The molecule has 0 spiro atoms. The SMILES string of the molecule is CCOC(=O)c1c(N/C=C(\C#N)c2nc(-c3ccccc3)cs2)sc2c1CC[C@H](C(C)(C)C)C2. The van der Waals surface area contributed by atoms with Gasteiger partial charge in [-0.2, -0.15) is 5.26 Å². The Kier molecular flexibility index (Phi) is 7.20. The third-order valence-corrected chi connectivity index (χ3v) is 8.30. The lowest BCUT2D eigenvalue weighted by Gasteiger charge is -2.33. The Morgan fingerprint density at radius 3 is 2.76 bits per heavy atom. The van der Waals surface area contributed by atoms with Crippen LogP contribution in [0.2, 0.25) is 0 Å². The van der Waals surface area contributed by atoms with Crippen LogP contribution >= 0.6 is 22.7 Å². The van der Waals surface area contributed by atoms with Crippen molar-refractivity contribution in [3.63, 3.8) is 0 Å². The molecule has 0 radical (unpaired) electrons. The summed E-state index contributed by atoms with van der Waals surface area (Å²) in [6.45, 7) is 8.98. The van der Waals surface area contributed by atoms with E-state index in [1.807, 2.05) is 42.6 Å². The van der Waals surface area contributed by atoms with Gasteiger partial charge >= 0.3 is 5.97 Å². The molecule has 3 aromatic rings. The summed E-state index contributed by atoms with van der Waals surface area (Å²) in [5.41, 5.74) is 4.22. The molecule has 5 nitrogen and oxygen atoms in total. The van der Waals surface area contributed by atoms with Crippen molar-refractivity contribution in [3.05, 3.63) is 62.9 Å². The average molecular weight is 492 g/mol. The Bertz CT molecular complexity index is 1240. The summed E-state index contributed by atoms with van der Waals surface area (Å²) in [5, 5.41) is 16.4. The molecule has 0 aliphatic heterocycles. The first-order valence-corrected chi connectivity index (χ1v) is 13.2. The average Bonchev–Trinajstić information content (AvgIpc) is 3.44. The molecule has 0 amide bonds. The highest BCUT2D eigenvalue weighted by Gasteiger charge is 2.34. The molecule has 1 aliphatic rings. The number of fused-ring (bicyclic) bond motifs is 1. The molecule has 0 saturated heterocycles. The summed E-state index contributed by atoms with van der Waals surface area (Å²) >= 11 is 3.03. The van der Waals surface area contributed by atoms with Crippen LogP contribution in [0.3, 0.4) is 0 Å². The molecule has 1 aliphatic carbocycles. The third-order valence-electron chi connectivity index (χ3n) is 6.24. The van der Waals surface area contributed by atoms with Crippen molar-refractivity contribution in [3.8, 4) is 17.3 Å². The summed E-state index contributed by atoms with van der Waals surface area (Å²) < 4.78 is 5.39. The molecule has 0 fully saturated rings. The molecule has 1 N–H and O–H groups in total. The van der Waals surface area contributed by atoms with Crippen molar-refractivity contribution in [2.24, 2.45) is 11.3 Å². The molecule has 4 rings (SSSR count). The van der Waals surface area contributed by atoms with Crippen LogP contribution < -0.4 is 5.32 Å². The van der Waals surface area contributed by atoms with Crippen molar-refractivity contribution < 1.29 is 9.53 Å². The number of benzene rings is 1. The molecular formula is C27H29N3O2S2. The number of esters is 1. The maximum Gasteiger partial charge on any atom is 0.341 e. The number of nitrogens with zero attached hydrogens (tertiary/aromatic N) is 2. The van der Waals surface area contributed by atoms with Gasteiger partial charge in [0.25, 0.3) is 0 Å².